The Morgan fingerprint density at radius 3 is 1.40 bits per heavy atom. The summed E-state index contributed by atoms with van der Waals surface area (Å²) in [4.78, 5) is 20.8. The lowest BCUT2D eigenvalue weighted by Gasteiger charge is -1.90. The Labute approximate surface area is 74.3 Å². The summed E-state index contributed by atoms with van der Waals surface area (Å²) in [5.74, 6) is 0. The zero-order chi connectivity index (χ0) is 7.98. The smallest absolute Gasteiger partial charge is 0.271 e. The molecule has 0 atom stereocenters. The number of carbonyl (C=O) groups excluding carboxylic acids is 2. The van der Waals surface area contributed by atoms with E-state index >= 15 is 0 Å². The van der Waals surface area contributed by atoms with Crippen molar-refractivity contribution in [1.82, 2.24) is 0 Å². The molecule has 0 aromatic carbocycles. The van der Waals surface area contributed by atoms with E-state index in [1.54, 1.807) is 0 Å². The number of nitrogens with two attached hydrogens (primary N) is 2. The fraction of sp³-hybridized carbons (Fsp3) is 0. The first-order chi connectivity index (χ1) is 4.70. The summed E-state index contributed by atoms with van der Waals surface area (Å²) in [6.07, 6.45) is 0. The second-order valence-corrected chi connectivity index (χ2v) is 4.71. The second kappa shape index (κ2) is 6.38. The minimum atomic E-state index is -0.313. The Hall–Kier alpha value is 0.660. The van der Waals surface area contributed by atoms with Crippen molar-refractivity contribution in [3.63, 3.8) is 0 Å². The number of hydrogen-bond donors (Lipinski definition) is 2. The van der Waals surface area contributed by atoms with Crippen molar-refractivity contribution >= 4 is 54.4 Å². The molecular formula is C2H4N2O2S4. The van der Waals surface area contributed by atoms with E-state index in [9.17, 15) is 9.59 Å². The number of carbonyl (C=O) groups is 2. The highest BCUT2D eigenvalue weighted by atomic mass is 33.1. The highest BCUT2D eigenvalue weighted by Crippen LogP contribution is 2.30. The van der Waals surface area contributed by atoms with Gasteiger partial charge in [0, 0.05) is 45.5 Å². The quantitative estimate of drug-likeness (QED) is 0.468. The van der Waals surface area contributed by atoms with Crippen LogP contribution in [0.2, 0.25) is 0 Å². The Bertz CT molecular complexity index is 123. The Balaban J connectivity index is 3.35. The minimum absolute atomic E-state index is 0.313. The van der Waals surface area contributed by atoms with Crippen LogP contribution in [0.25, 0.3) is 0 Å². The molecule has 0 aliphatic heterocycles. The van der Waals surface area contributed by atoms with E-state index in [0.29, 0.717) is 23.9 Å². The zero-order valence-corrected chi connectivity index (χ0v) is 7.87. The van der Waals surface area contributed by atoms with Crippen molar-refractivity contribution in [3.8, 4) is 0 Å². The van der Waals surface area contributed by atoms with E-state index in [0.717, 1.165) is 21.6 Å². The standard InChI is InChI=1S/C2H4N2O2S4/c3-7-1(5)9-10-2(6)8-4/h3-4H2. The normalized spacial score (nSPS) is 9.40. The van der Waals surface area contributed by atoms with Gasteiger partial charge in [0.15, 0.2) is 0 Å². The third kappa shape index (κ3) is 5.45. The molecule has 0 heterocycles. The van der Waals surface area contributed by atoms with Crippen molar-refractivity contribution in [2.24, 2.45) is 10.3 Å². The van der Waals surface area contributed by atoms with Crippen LogP contribution in [0.4, 0.5) is 9.59 Å². The zero-order valence-electron chi connectivity index (χ0n) is 4.60. The summed E-state index contributed by atoms with van der Waals surface area (Å²) in [7, 11) is 1.55. The lowest BCUT2D eigenvalue weighted by molar-refractivity contribution is 0.275. The van der Waals surface area contributed by atoms with Gasteiger partial charge in [0.1, 0.15) is 0 Å². The largest absolute Gasteiger partial charge is 0.272 e. The first-order valence-corrected chi connectivity index (χ1v) is 5.77. The van der Waals surface area contributed by atoms with E-state index in [4.69, 9.17) is 10.3 Å². The molecule has 8 heteroatoms. The number of rotatable bonds is 0. The van der Waals surface area contributed by atoms with E-state index < -0.39 is 0 Å². The van der Waals surface area contributed by atoms with Crippen LogP contribution in [0.5, 0.6) is 0 Å². The van der Waals surface area contributed by atoms with Crippen LogP contribution in [-0.4, -0.2) is 8.89 Å². The molecule has 0 spiro atoms. The third-order valence-corrected chi connectivity index (χ3v) is 3.98. The molecule has 0 aromatic heterocycles. The molecule has 0 saturated heterocycles. The predicted molar refractivity (Wildman–Crippen MR) is 49.5 cm³/mol. The summed E-state index contributed by atoms with van der Waals surface area (Å²) in [5.41, 5.74) is 0. The summed E-state index contributed by atoms with van der Waals surface area (Å²) < 4.78 is -0.625. The Morgan fingerprint density at radius 1 is 0.900 bits per heavy atom. The van der Waals surface area contributed by atoms with Gasteiger partial charge in [0.25, 0.3) is 8.89 Å². The van der Waals surface area contributed by atoms with Crippen molar-refractivity contribution in [3.05, 3.63) is 0 Å². The van der Waals surface area contributed by atoms with Gasteiger partial charge in [-0.15, -0.1) is 0 Å². The van der Waals surface area contributed by atoms with Gasteiger partial charge in [-0.25, -0.2) is 0 Å². The van der Waals surface area contributed by atoms with Gasteiger partial charge in [-0.05, 0) is 0 Å². The van der Waals surface area contributed by atoms with Crippen LogP contribution in [-0.2, 0) is 0 Å². The van der Waals surface area contributed by atoms with Crippen LogP contribution in [0.3, 0.4) is 0 Å². The predicted octanol–water partition coefficient (Wildman–Crippen LogP) is 1.82. The van der Waals surface area contributed by atoms with Crippen molar-refractivity contribution in [2.45, 2.75) is 0 Å². The molecule has 4 nitrogen and oxygen atoms in total. The van der Waals surface area contributed by atoms with Crippen LogP contribution < -0.4 is 10.3 Å². The molecule has 0 aromatic rings. The molecule has 0 saturated carbocycles. The van der Waals surface area contributed by atoms with Crippen molar-refractivity contribution < 1.29 is 9.59 Å². The highest BCUT2D eigenvalue weighted by Gasteiger charge is 2.06. The average Bonchev–Trinajstić information content (AvgIpc) is 1.99. The molecule has 58 valence electrons. The van der Waals surface area contributed by atoms with Gasteiger partial charge in [-0.2, -0.15) is 0 Å². The first-order valence-electron chi connectivity index (χ1n) is 1.86. The van der Waals surface area contributed by atoms with Crippen LogP contribution in [0.15, 0.2) is 0 Å². The summed E-state index contributed by atoms with van der Waals surface area (Å²) in [5, 5.41) is 9.77. The van der Waals surface area contributed by atoms with Crippen molar-refractivity contribution in [1.29, 1.82) is 0 Å². The highest BCUT2D eigenvalue weighted by molar-refractivity contribution is 8.93. The second-order valence-electron chi connectivity index (χ2n) is 0.902. The maximum atomic E-state index is 10.4. The molecule has 0 rings (SSSR count). The molecule has 0 aliphatic carbocycles. The molecular weight excluding hydrogens is 212 g/mol. The number of hydrogen-bond acceptors (Lipinski definition) is 8. The Morgan fingerprint density at radius 2 is 1.20 bits per heavy atom. The average molecular weight is 216 g/mol. The molecule has 0 bridgehead atoms. The van der Waals surface area contributed by atoms with Gasteiger partial charge in [-0.1, -0.05) is 0 Å². The fourth-order valence-corrected chi connectivity index (χ4v) is 2.29. The molecule has 4 N–H and O–H groups in total. The first kappa shape index (κ1) is 10.7. The third-order valence-electron chi connectivity index (χ3n) is 0.370. The molecule has 0 radical (unpaired) electrons. The SMILES string of the molecule is NSC(=O)SSC(=O)SN. The fourth-order valence-electron chi connectivity index (χ4n) is 0.107. The maximum absolute atomic E-state index is 10.4. The summed E-state index contributed by atoms with van der Waals surface area (Å²) in [6, 6.07) is 0. The Kier molecular flexibility index (Phi) is 6.80. The van der Waals surface area contributed by atoms with Crippen LogP contribution >= 0.6 is 45.5 Å². The summed E-state index contributed by atoms with van der Waals surface area (Å²) >= 11 is 1.16. The summed E-state index contributed by atoms with van der Waals surface area (Å²) in [6.45, 7) is 0. The van der Waals surface area contributed by atoms with Gasteiger partial charge < -0.3 is 0 Å². The van der Waals surface area contributed by atoms with Crippen LogP contribution in [0, 0.1) is 0 Å². The molecule has 10 heavy (non-hydrogen) atoms. The topological polar surface area (TPSA) is 86.2 Å². The molecule has 0 aliphatic rings. The maximum Gasteiger partial charge on any atom is 0.271 e. The van der Waals surface area contributed by atoms with Gasteiger partial charge in [0.2, 0.25) is 0 Å². The molecule has 0 amide bonds. The van der Waals surface area contributed by atoms with E-state index in [1.165, 1.54) is 0 Å². The van der Waals surface area contributed by atoms with Crippen LogP contribution in [0.1, 0.15) is 0 Å². The van der Waals surface area contributed by atoms with Gasteiger partial charge >= 0.3 is 0 Å². The molecule has 0 unspecified atom stereocenters. The lowest BCUT2D eigenvalue weighted by atomic mass is 11.8. The van der Waals surface area contributed by atoms with E-state index in [2.05, 4.69) is 0 Å². The minimum Gasteiger partial charge on any atom is -0.272 e. The monoisotopic (exact) mass is 216 g/mol. The van der Waals surface area contributed by atoms with E-state index in [1.807, 2.05) is 0 Å². The van der Waals surface area contributed by atoms with Gasteiger partial charge in [-0.3, -0.25) is 19.9 Å². The molecule has 0 fully saturated rings. The van der Waals surface area contributed by atoms with Crippen molar-refractivity contribution in [2.75, 3.05) is 0 Å². The van der Waals surface area contributed by atoms with E-state index in [-0.39, 0.29) is 8.89 Å². The van der Waals surface area contributed by atoms with Gasteiger partial charge in [0.05, 0.1) is 0 Å². The lowest BCUT2D eigenvalue weighted by Crippen LogP contribution is -1.88.